The lowest BCUT2D eigenvalue weighted by Gasteiger charge is -2.30. The second-order valence-corrected chi connectivity index (χ2v) is 8.61. The fraction of sp³-hybridized carbons (Fsp3) is 0.333. The van der Waals surface area contributed by atoms with E-state index >= 15 is 0 Å². The summed E-state index contributed by atoms with van der Waals surface area (Å²) >= 11 is 21.8. The highest BCUT2D eigenvalue weighted by molar-refractivity contribution is 9.10. The molecule has 0 unspecified atom stereocenters. The molecule has 2 amide bonds. The number of likely N-dealkylation sites (N-methyl/N-ethyl adjacent to an activating group) is 1. The van der Waals surface area contributed by atoms with Crippen molar-refractivity contribution in [2.45, 2.75) is 32.9 Å². The lowest BCUT2D eigenvalue weighted by atomic mass is 10.1. The molecule has 162 valence electrons. The molecular weight excluding hydrogens is 515 g/mol. The molecule has 0 bridgehead atoms. The number of ether oxygens (including phenoxy) is 1. The predicted octanol–water partition coefficient (Wildman–Crippen LogP) is 5.73. The Labute approximate surface area is 199 Å². The van der Waals surface area contributed by atoms with Crippen LogP contribution in [-0.2, 0) is 16.1 Å². The van der Waals surface area contributed by atoms with Crippen molar-refractivity contribution in [2.75, 3.05) is 13.2 Å². The van der Waals surface area contributed by atoms with Gasteiger partial charge in [-0.1, -0.05) is 63.7 Å². The zero-order chi connectivity index (χ0) is 22.3. The van der Waals surface area contributed by atoms with E-state index in [1.54, 1.807) is 36.4 Å². The molecule has 0 spiro atoms. The van der Waals surface area contributed by atoms with Gasteiger partial charge in [0.15, 0.2) is 6.61 Å². The van der Waals surface area contributed by atoms with Gasteiger partial charge >= 0.3 is 0 Å². The fourth-order valence-corrected chi connectivity index (χ4v) is 4.06. The number of hydrogen-bond acceptors (Lipinski definition) is 3. The standard InChI is InChI=1S/C21H22BrCl3N2O3/c1-3-18(21(29)26-4-2)27(11-13-5-7-15(23)10-16(13)24)20(28)12-30-19-8-6-14(22)9-17(19)25/h5-10,18H,3-4,11-12H2,1-2H3,(H,26,29)/t18-/m1/s1. The minimum atomic E-state index is -0.673. The van der Waals surface area contributed by atoms with Gasteiger partial charge in [-0.05, 0) is 49.2 Å². The zero-order valence-electron chi connectivity index (χ0n) is 16.6. The number of nitrogens with zero attached hydrogens (tertiary/aromatic N) is 1. The Balaban J connectivity index is 2.26. The Kier molecular flexibility index (Phi) is 9.75. The van der Waals surface area contributed by atoms with E-state index in [1.807, 2.05) is 13.8 Å². The molecule has 2 rings (SSSR count). The highest BCUT2D eigenvalue weighted by Gasteiger charge is 2.29. The first-order valence-corrected chi connectivity index (χ1v) is 11.3. The van der Waals surface area contributed by atoms with Crippen molar-refractivity contribution in [1.29, 1.82) is 0 Å². The van der Waals surface area contributed by atoms with Crippen molar-refractivity contribution < 1.29 is 14.3 Å². The van der Waals surface area contributed by atoms with Crippen molar-refractivity contribution in [2.24, 2.45) is 0 Å². The van der Waals surface area contributed by atoms with Gasteiger partial charge in [-0.3, -0.25) is 9.59 Å². The number of carbonyl (C=O) groups is 2. The predicted molar refractivity (Wildman–Crippen MR) is 124 cm³/mol. The van der Waals surface area contributed by atoms with E-state index in [2.05, 4.69) is 21.2 Å². The van der Waals surface area contributed by atoms with Crippen molar-refractivity contribution in [1.82, 2.24) is 10.2 Å². The summed E-state index contributed by atoms with van der Waals surface area (Å²) < 4.78 is 6.42. The van der Waals surface area contributed by atoms with Crippen molar-refractivity contribution in [3.05, 3.63) is 61.5 Å². The van der Waals surface area contributed by atoms with E-state index in [-0.39, 0.29) is 25.0 Å². The molecule has 0 aliphatic rings. The van der Waals surface area contributed by atoms with Gasteiger partial charge in [0.05, 0.1) is 5.02 Å². The van der Waals surface area contributed by atoms with Crippen LogP contribution in [0.15, 0.2) is 40.9 Å². The summed E-state index contributed by atoms with van der Waals surface area (Å²) in [7, 11) is 0. The molecule has 0 aromatic heterocycles. The van der Waals surface area contributed by atoms with Crippen LogP contribution in [0.1, 0.15) is 25.8 Å². The molecule has 30 heavy (non-hydrogen) atoms. The number of halogens is 4. The molecular formula is C21H22BrCl3N2O3. The first-order valence-electron chi connectivity index (χ1n) is 9.35. The molecule has 0 aliphatic heterocycles. The van der Waals surface area contributed by atoms with Gasteiger partial charge in [0.25, 0.3) is 5.91 Å². The van der Waals surface area contributed by atoms with Crippen molar-refractivity contribution in [3.8, 4) is 5.75 Å². The minimum Gasteiger partial charge on any atom is -0.482 e. The lowest BCUT2D eigenvalue weighted by Crippen LogP contribution is -2.50. The van der Waals surface area contributed by atoms with Gasteiger partial charge < -0.3 is 15.0 Å². The quantitative estimate of drug-likeness (QED) is 0.445. The van der Waals surface area contributed by atoms with Crippen LogP contribution in [0, 0.1) is 0 Å². The number of hydrogen-bond donors (Lipinski definition) is 1. The van der Waals surface area contributed by atoms with E-state index < -0.39 is 6.04 Å². The third-order valence-corrected chi connectivity index (χ3v) is 5.71. The molecule has 1 N–H and O–H groups in total. The van der Waals surface area contributed by atoms with E-state index in [9.17, 15) is 9.59 Å². The molecule has 0 saturated heterocycles. The summed E-state index contributed by atoms with van der Waals surface area (Å²) in [5.41, 5.74) is 0.679. The Morgan fingerprint density at radius 2 is 1.83 bits per heavy atom. The average molecular weight is 537 g/mol. The van der Waals surface area contributed by atoms with E-state index in [4.69, 9.17) is 39.5 Å². The van der Waals surface area contributed by atoms with E-state index in [0.29, 0.717) is 39.3 Å². The first kappa shape index (κ1) is 24.8. The van der Waals surface area contributed by atoms with Crippen LogP contribution in [0.2, 0.25) is 15.1 Å². The molecule has 0 heterocycles. The van der Waals surface area contributed by atoms with Crippen LogP contribution < -0.4 is 10.1 Å². The van der Waals surface area contributed by atoms with Crippen LogP contribution in [0.3, 0.4) is 0 Å². The van der Waals surface area contributed by atoms with Gasteiger partial charge in [-0.15, -0.1) is 0 Å². The molecule has 0 radical (unpaired) electrons. The maximum absolute atomic E-state index is 13.1. The van der Waals surface area contributed by atoms with Crippen LogP contribution in [0.5, 0.6) is 5.75 Å². The van der Waals surface area contributed by atoms with E-state index in [0.717, 1.165) is 4.47 Å². The third-order valence-electron chi connectivity index (χ3n) is 4.34. The van der Waals surface area contributed by atoms with Gasteiger partial charge in [0.2, 0.25) is 5.91 Å². The lowest BCUT2D eigenvalue weighted by molar-refractivity contribution is -0.142. The number of nitrogens with one attached hydrogen (secondary N) is 1. The maximum Gasteiger partial charge on any atom is 0.261 e. The number of amides is 2. The maximum atomic E-state index is 13.1. The normalized spacial score (nSPS) is 11.7. The zero-order valence-corrected chi connectivity index (χ0v) is 20.4. The number of carbonyl (C=O) groups excluding carboxylic acids is 2. The summed E-state index contributed by atoms with van der Waals surface area (Å²) in [4.78, 5) is 27.1. The van der Waals surface area contributed by atoms with Crippen LogP contribution in [0.4, 0.5) is 0 Å². The summed E-state index contributed by atoms with van der Waals surface area (Å²) in [6.45, 7) is 4.00. The molecule has 0 saturated carbocycles. The Morgan fingerprint density at radius 3 is 2.43 bits per heavy atom. The van der Waals surface area contributed by atoms with Gasteiger partial charge in [0, 0.05) is 27.6 Å². The molecule has 0 aliphatic carbocycles. The Bertz CT molecular complexity index is 911. The second kappa shape index (κ2) is 11.8. The molecule has 5 nitrogen and oxygen atoms in total. The largest absolute Gasteiger partial charge is 0.482 e. The second-order valence-electron chi connectivity index (χ2n) is 6.44. The van der Waals surface area contributed by atoms with Crippen LogP contribution in [0.25, 0.3) is 0 Å². The topological polar surface area (TPSA) is 58.6 Å². The van der Waals surface area contributed by atoms with Crippen molar-refractivity contribution in [3.63, 3.8) is 0 Å². The molecule has 0 fully saturated rings. The number of rotatable bonds is 9. The smallest absolute Gasteiger partial charge is 0.261 e. The summed E-state index contributed by atoms with van der Waals surface area (Å²) in [6.07, 6.45) is 0.432. The fourth-order valence-electron chi connectivity index (χ4n) is 2.86. The average Bonchev–Trinajstić information content (AvgIpc) is 2.68. The van der Waals surface area contributed by atoms with Gasteiger partial charge in [0.1, 0.15) is 11.8 Å². The van der Waals surface area contributed by atoms with Crippen molar-refractivity contribution >= 4 is 62.5 Å². The SMILES string of the molecule is CCNC(=O)[C@@H](CC)N(Cc1ccc(Cl)cc1Cl)C(=O)COc1ccc(Br)cc1Cl. The first-order chi connectivity index (χ1) is 14.3. The van der Waals surface area contributed by atoms with Gasteiger partial charge in [-0.2, -0.15) is 0 Å². The third kappa shape index (κ3) is 6.77. The Hall–Kier alpha value is -1.47. The molecule has 9 heteroatoms. The summed E-state index contributed by atoms with van der Waals surface area (Å²) in [5.74, 6) is -0.220. The Morgan fingerprint density at radius 1 is 1.10 bits per heavy atom. The monoisotopic (exact) mass is 534 g/mol. The molecule has 1 atom stereocenters. The highest BCUT2D eigenvalue weighted by Crippen LogP contribution is 2.28. The summed E-state index contributed by atoms with van der Waals surface area (Å²) in [6, 6.07) is 9.47. The van der Waals surface area contributed by atoms with E-state index in [1.165, 1.54) is 4.90 Å². The number of benzene rings is 2. The van der Waals surface area contributed by atoms with Gasteiger partial charge in [-0.25, -0.2) is 0 Å². The highest BCUT2D eigenvalue weighted by atomic mass is 79.9. The van der Waals surface area contributed by atoms with Crippen LogP contribution >= 0.6 is 50.7 Å². The van der Waals surface area contributed by atoms with Crippen LogP contribution in [-0.4, -0.2) is 35.9 Å². The minimum absolute atomic E-state index is 0.141. The molecule has 2 aromatic rings. The summed E-state index contributed by atoms with van der Waals surface area (Å²) in [5, 5.41) is 4.06. The molecule has 2 aromatic carbocycles.